The first kappa shape index (κ1) is 46.3. The van der Waals surface area contributed by atoms with Crippen molar-refractivity contribution in [2.24, 2.45) is 17.3 Å². The number of carbonyl (C=O) groups is 6. The number of likely N-dealkylation sites (tertiary alicyclic amines) is 1. The molecule has 4 aliphatic rings. The summed E-state index contributed by atoms with van der Waals surface area (Å²) in [7, 11) is 1.55. The molecule has 2 aliphatic heterocycles. The van der Waals surface area contributed by atoms with Crippen molar-refractivity contribution in [1.82, 2.24) is 20.4 Å². The molecule has 0 bridgehead atoms. The molecule has 3 aromatic rings. The molecule has 0 spiro atoms. The highest BCUT2D eigenvalue weighted by Gasteiger charge is 2.61. The summed E-state index contributed by atoms with van der Waals surface area (Å²) >= 11 is 6.39. The maximum Gasteiger partial charge on any atom is 0.410 e. The van der Waals surface area contributed by atoms with Gasteiger partial charge in [-0.3, -0.25) is 19.3 Å². The minimum atomic E-state index is -1.04. The zero-order valence-corrected chi connectivity index (χ0v) is 35.7. The topological polar surface area (TPSA) is 163 Å². The van der Waals surface area contributed by atoms with E-state index in [-0.39, 0.29) is 30.7 Å². The molecule has 0 aromatic heterocycles. The first-order valence-electron chi connectivity index (χ1n) is 20.0. The number of para-hydroxylation sites is 1. The van der Waals surface area contributed by atoms with Crippen molar-refractivity contribution in [2.75, 3.05) is 18.9 Å². The van der Waals surface area contributed by atoms with Crippen molar-refractivity contribution >= 4 is 54.7 Å². The molecule has 5 atom stereocenters. The van der Waals surface area contributed by atoms with Gasteiger partial charge < -0.3 is 39.9 Å². The SMILES string of the molecule is C=O.C=O.CC1CC1.CCC1CC1(NC(=O)C1CC(OC(=O)N2Cc3cccc(Cl)c3C2)CN1C(=O)C(Nc1cccc(Oc2ccccc2)c1)C(C)(C)C)C(=O)NC. The van der Waals surface area contributed by atoms with E-state index in [4.69, 9.17) is 30.7 Å². The van der Waals surface area contributed by atoms with Crippen LogP contribution in [0, 0.1) is 17.3 Å². The van der Waals surface area contributed by atoms with E-state index in [2.05, 4.69) is 22.9 Å². The number of fused-ring (bicyclic) bond motifs is 1. The molecular formula is C45H58ClN5O8. The second-order valence-electron chi connectivity index (χ2n) is 16.4. The maximum atomic E-state index is 14.7. The first-order chi connectivity index (χ1) is 28.2. The van der Waals surface area contributed by atoms with Gasteiger partial charge in [0.2, 0.25) is 17.7 Å². The lowest BCUT2D eigenvalue weighted by molar-refractivity contribution is -0.141. The van der Waals surface area contributed by atoms with Crippen molar-refractivity contribution in [2.45, 2.75) is 104 Å². The van der Waals surface area contributed by atoms with Gasteiger partial charge in [-0.2, -0.15) is 0 Å². The average molecular weight is 832 g/mol. The zero-order valence-electron chi connectivity index (χ0n) is 34.9. The predicted molar refractivity (Wildman–Crippen MR) is 227 cm³/mol. The quantitative estimate of drug-likeness (QED) is 0.193. The number of hydrogen-bond donors (Lipinski definition) is 3. The Hall–Kier alpha value is -5.43. The number of ether oxygens (including phenoxy) is 2. The third kappa shape index (κ3) is 11.6. The number of benzene rings is 3. The second kappa shape index (κ2) is 20.5. The van der Waals surface area contributed by atoms with E-state index in [0.29, 0.717) is 48.1 Å². The summed E-state index contributed by atoms with van der Waals surface area (Å²) in [5, 5.41) is 9.68. The van der Waals surface area contributed by atoms with Crippen LogP contribution in [0.4, 0.5) is 10.5 Å². The van der Waals surface area contributed by atoms with Gasteiger partial charge in [-0.05, 0) is 65.1 Å². The number of carbonyl (C=O) groups excluding carboxylic acids is 6. The van der Waals surface area contributed by atoms with Crippen molar-refractivity contribution in [3.63, 3.8) is 0 Å². The standard InChI is InChI=1S/C39H46ClN5O6.C4H8.2CH2O/c1-6-25-20-39(25,36(48)41-5)43-34(46)32-19-29(51-37(49)44-21-24-12-10-17-31(40)30(24)23-44)22-45(32)35(47)33(38(2,3)4)42-26-13-11-16-28(18-26)50-27-14-8-7-9-15-27;1-4-2-3-4;2*1-2/h7-18,25,29,32-33,42H,6,19-23H2,1-5H3,(H,41,48)(H,43,46);4H,2-3H2,1H3;2*1H2. The average Bonchev–Trinajstić information content (AvgIpc) is 4.06. The minimum Gasteiger partial charge on any atom is -0.457 e. The molecule has 0 radical (unpaired) electrons. The summed E-state index contributed by atoms with van der Waals surface area (Å²) < 4.78 is 12.0. The van der Waals surface area contributed by atoms with Gasteiger partial charge in [0.25, 0.3) is 0 Å². The van der Waals surface area contributed by atoms with Gasteiger partial charge in [0.05, 0.1) is 13.1 Å². The maximum absolute atomic E-state index is 14.7. The molecule has 3 N–H and O–H groups in total. The highest BCUT2D eigenvalue weighted by molar-refractivity contribution is 6.31. The lowest BCUT2D eigenvalue weighted by atomic mass is 9.85. The van der Waals surface area contributed by atoms with Crippen LogP contribution in [0.15, 0.2) is 72.8 Å². The minimum absolute atomic E-state index is 0.0137. The van der Waals surface area contributed by atoms with Crippen LogP contribution in [0.3, 0.4) is 0 Å². The predicted octanol–water partition coefficient (Wildman–Crippen LogP) is 7.16. The largest absolute Gasteiger partial charge is 0.457 e. The van der Waals surface area contributed by atoms with Gasteiger partial charge in [0.15, 0.2) is 0 Å². The van der Waals surface area contributed by atoms with Crippen LogP contribution >= 0.6 is 11.6 Å². The number of amides is 4. The number of hydrogen-bond acceptors (Lipinski definition) is 9. The van der Waals surface area contributed by atoms with E-state index in [0.717, 1.165) is 17.0 Å². The molecule has 4 amide bonds. The van der Waals surface area contributed by atoms with Crippen LogP contribution in [0.25, 0.3) is 0 Å². The van der Waals surface area contributed by atoms with E-state index in [1.807, 2.05) is 108 Å². The Morgan fingerprint density at radius 3 is 2.15 bits per heavy atom. The molecule has 2 heterocycles. The van der Waals surface area contributed by atoms with E-state index < -0.39 is 41.1 Å². The van der Waals surface area contributed by atoms with E-state index in [1.54, 1.807) is 18.0 Å². The molecule has 14 heteroatoms. The molecule has 7 rings (SSSR count). The Morgan fingerprint density at radius 2 is 1.58 bits per heavy atom. The monoisotopic (exact) mass is 831 g/mol. The molecule has 2 aliphatic carbocycles. The molecular weight excluding hydrogens is 774 g/mol. The Balaban J connectivity index is 0.000000881. The normalized spacial score (nSPS) is 21.6. The van der Waals surface area contributed by atoms with E-state index in [1.165, 1.54) is 17.7 Å². The Labute approximate surface area is 352 Å². The number of nitrogens with one attached hydrogen (secondary N) is 3. The molecule has 1 saturated heterocycles. The van der Waals surface area contributed by atoms with Gasteiger partial charge in [0.1, 0.15) is 48.8 Å². The molecule has 5 unspecified atom stereocenters. The van der Waals surface area contributed by atoms with Crippen LogP contribution in [0.5, 0.6) is 11.5 Å². The van der Waals surface area contributed by atoms with Crippen molar-refractivity contribution in [3.8, 4) is 11.5 Å². The molecule has 59 heavy (non-hydrogen) atoms. The van der Waals surface area contributed by atoms with Crippen molar-refractivity contribution in [1.29, 1.82) is 0 Å². The fraction of sp³-hybridized carbons (Fsp3) is 0.467. The Bertz CT molecular complexity index is 1920. The number of nitrogens with zero attached hydrogens (tertiary/aromatic N) is 2. The fourth-order valence-electron chi connectivity index (χ4n) is 7.36. The molecule has 318 valence electrons. The highest BCUT2D eigenvalue weighted by atomic mass is 35.5. The zero-order chi connectivity index (χ0) is 43.5. The van der Waals surface area contributed by atoms with Gasteiger partial charge in [-0.1, -0.05) is 102 Å². The smallest absolute Gasteiger partial charge is 0.410 e. The van der Waals surface area contributed by atoms with Crippen LogP contribution in [0.1, 0.15) is 77.8 Å². The lowest BCUT2D eigenvalue weighted by Gasteiger charge is -2.36. The number of likely N-dealkylation sites (N-methyl/N-ethyl adjacent to an activating group) is 1. The van der Waals surface area contributed by atoms with Gasteiger partial charge in [-0.25, -0.2) is 4.79 Å². The number of anilines is 1. The summed E-state index contributed by atoms with van der Waals surface area (Å²) in [6.45, 7) is 14.8. The Kier molecular flexibility index (Phi) is 16.1. The van der Waals surface area contributed by atoms with Gasteiger partial charge in [0, 0.05) is 36.8 Å². The van der Waals surface area contributed by atoms with Gasteiger partial charge in [-0.15, -0.1) is 0 Å². The molecule has 3 aromatic carbocycles. The van der Waals surface area contributed by atoms with Crippen molar-refractivity contribution < 1.29 is 38.2 Å². The molecule has 2 saturated carbocycles. The van der Waals surface area contributed by atoms with Crippen LogP contribution in [0.2, 0.25) is 5.02 Å². The van der Waals surface area contributed by atoms with Crippen LogP contribution in [-0.2, 0) is 41.8 Å². The third-order valence-electron chi connectivity index (χ3n) is 11.0. The summed E-state index contributed by atoms with van der Waals surface area (Å²) in [6.07, 6.45) is 2.99. The summed E-state index contributed by atoms with van der Waals surface area (Å²) in [5.41, 5.74) is 0.854. The van der Waals surface area contributed by atoms with Gasteiger partial charge >= 0.3 is 6.09 Å². The van der Waals surface area contributed by atoms with Crippen molar-refractivity contribution in [3.05, 3.63) is 88.9 Å². The van der Waals surface area contributed by atoms with Crippen LogP contribution in [-0.4, -0.2) is 84.5 Å². The van der Waals surface area contributed by atoms with Crippen LogP contribution < -0.4 is 20.7 Å². The third-order valence-corrected chi connectivity index (χ3v) is 11.3. The first-order valence-corrected chi connectivity index (χ1v) is 20.3. The lowest BCUT2D eigenvalue weighted by Crippen LogP contribution is -2.58. The summed E-state index contributed by atoms with van der Waals surface area (Å²) in [4.78, 5) is 74.3. The fourth-order valence-corrected chi connectivity index (χ4v) is 7.61. The highest BCUT2D eigenvalue weighted by Crippen LogP contribution is 2.46. The van der Waals surface area contributed by atoms with E-state index >= 15 is 0 Å². The summed E-state index contributed by atoms with van der Waals surface area (Å²) in [5.74, 6) is 1.30. The molecule has 3 fully saturated rings. The number of rotatable bonds is 10. The summed E-state index contributed by atoms with van der Waals surface area (Å²) in [6, 6.07) is 20.6. The Morgan fingerprint density at radius 1 is 0.932 bits per heavy atom. The number of halogens is 1. The van der Waals surface area contributed by atoms with E-state index in [9.17, 15) is 19.2 Å². The second-order valence-corrected chi connectivity index (χ2v) is 16.8. The molecule has 13 nitrogen and oxygen atoms in total.